The summed E-state index contributed by atoms with van der Waals surface area (Å²) >= 11 is 0. The second-order valence-corrected chi connectivity index (χ2v) is 17.6. The van der Waals surface area contributed by atoms with Crippen molar-refractivity contribution < 1.29 is 98.1 Å². The highest BCUT2D eigenvalue weighted by atomic mass is 16.7. The van der Waals surface area contributed by atoms with E-state index in [0.29, 0.717) is 76.9 Å². The van der Waals surface area contributed by atoms with Gasteiger partial charge >= 0.3 is 0 Å². The average molecular weight is 983 g/mol. The molecule has 0 radical (unpaired) electrons. The molecule has 4 aromatic rings. The van der Waals surface area contributed by atoms with Crippen molar-refractivity contribution in [2.75, 3.05) is 67.8 Å². The van der Waals surface area contributed by atoms with Gasteiger partial charge in [-0.3, -0.25) is 0 Å². The number of fused-ring (bicyclic) bond motifs is 2. The fraction of sp³-hybridized carbons (Fsp3) is 0.520. The van der Waals surface area contributed by atoms with E-state index >= 15 is 0 Å². The van der Waals surface area contributed by atoms with Crippen LogP contribution in [0.2, 0.25) is 0 Å². The summed E-state index contributed by atoms with van der Waals surface area (Å²) in [5.41, 5.74) is 4.42. The maximum atomic E-state index is 10.7. The zero-order valence-electron chi connectivity index (χ0n) is 39.0. The molecule has 4 heterocycles. The zero-order valence-corrected chi connectivity index (χ0v) is 39.0. The lowest BCUT2D eigenvalue weighted by atomic mass is 9.90. The molecule has 0 bridgehead atoms. The van der Waals surface area contributed by atoms with Gasteiger partial charge in [-0.15, -0.1) is 0 Å². The van der Waals surface area contributed by atoms with Crippen LogP contribution in [0, 0.1) is 0 Å². The number of ether oxygens (including phenoxy) is 11. The first-order chi connectivity index (χ1) is 33.9. The molecule has 0 unspecified atom stereocenters. The molecular weight excluding hydrogens is 921 g/mol. The van der Waals surface area contributed by atoms with Gasteiger partial charge in [0, 0.05) is 24.3 Å². The van der Waals surface area contributed by atoms with Crippen molar-refractivity contribution in [2.24, 2.45) is 0 Å². The smallest absolute Gasteiger partial charge is 0.231 e. The van der Waals surface area contributed by atoms with Gasteiger partial charge < -0.3 is 98.1 Å². The van der Waals surface area contributed by atoms with Crippen LogP contribution in [0.3, 0.4) is 0 Å². The van der Waals surface area contributed by atoms with Crippen LogP contribution >= 0.6 is 0 Å². The second-order valence-electron chi connectivity index (χ2n) is 17.6. The number of phenolic OH excluding ortho intramolecular Hbond substituents is 1. The molecule has 9 N–H and O–H groups in total. The highest BCUT2D eigenvalue weighted by molar-refractivity contribution is 5.57. The summed E-state index contributed by atoms with van der Waals surface area (Å²) in [6, 6.07) is 17.6. The van der Waals surface area contributed by atoms with Gasteiger partial charge in [0.2, 0.25) is 6.79 Å². The Labute approximate surface area is 403 Å². The van der Waals surface area contributed by atoms with Crippen LogP contribution in [0.4, 0.5) is 0 Å². The van der Waals surface area contributed by atoms with Crippen molar-refractivity contribution >= 4 is 0 Å². The SMILES string of the molecule is COc1cc([C@@H]2Oc3c(OCOc4ccc([C@@H]5Oc6c(OC)cc(CCCO)cc6[C@@H]5CO[C@@H]5OC[C@@H](O)[C@H](O)[C@H]5O)cc4OC)cc(CCCO)cc3[C@@H]2CO[C@@H]2OC[C@@H](O)[C@H](O)[C@H]2O)ccc1O. The summed E-state index contributed by atoms with van der Waals surface area (Å²) in [5, 5.41) is 91.8. The van der Waals surface area contributed by atoms with E-state index in [9.17, 15) is 46.0 Å². The molecule has 12 atom stereocenters. The predicted octanol–water partition coefficient (Wildman–Crippen LogP) is 2.03. The molecule has 70 heavy (non-hydrogen) atoms. The van der Waals surface area contributed by atoms with Crippen molar-refractivity contribution in [1.82, 2.24) is 0 Å². The van der Waals surface area contributed by atoms with E-state index in [0.717, 1.165) is 16.7 Å². The lowest BCUT2D eigenvalue weighted by molar-refractivity contribution is -0.271. The van der Waals surface area contributed by atoms with Crippen LogP contribution in [-0.2, 0) is 31.8 Å². The number of aromatic hydroxyl groups is 1. The summed E-state index contributed by atoms with van der Waals surface area (Å²) in [6.07, 6.45) is -10.4. The molecule has 0 amide bonds. The quantitative estimate of drug-likeness (QED) is 0.0540. The van der Waals surface area contributed by atoms with Gasteiger partial charge in [0.25, 0.3) is 0 Å². The van der Waals surface area contributed by atoms with E-state index in [1.807, 2.05) is 18.2 Å². The molecule has 0 saturated carbocycles. The lowest BCUT2D eigenvalue weighted by Gasteiger charge is -2.35. The number of methoxy groups -OCH3 is 3. The second kappa shape index (κ2) is 22.9. The Bertz CT molecular complexity index is 2380. The van der Waals surface area contributed by atoms with Gasteiger partial charge in [-0.2, -0.15) is 0 Å². The molecular formula is C50H62O20. The van der Waals surface area contributed by atoms with E-state index in [4.69, 9.17) is 52.1 Å². The van der Waals surface area contributed by atoms with Gasteiger partial charge in [-0.1, -0.05) is 24.3 Å². The van der Waals surface area contributed by atoms with Crippen LogP contribution in [-0.4, -0.2) is 163 Å². The summed E-state index contributed by atoms with van der Waals surface area (Å²) in [6.45, 7) is -0.992. The Morgan fingerprint density at radius 2 is 1.00 bits per heavy atom. The highest BCUT2D eigenvalue weighted by Gasteiger charge is 2.44. The summed E-state index contributed by atoms with van der Waals surface area (Å²) in [4.78, 5) is 0. The Morgan fingerprint density at radius 1 is 0.529 bits per heavy atom. The highest BCUT2D eigenvalue weighted by Crippen LogP contribution is 2.54. The minimum atomic E-state index is -1.53. The summed E-state index contributed by atoms with van der Waals surface area (Å²) in [5.74, 6) is 1.35. The van der Waals surface area contributed by atoms with Gasteiger partial charge in [0.15, 0.2) is 58.6 Å². The Kier molecular flexibility index (Phi) is 16.7. The van der Waals surface area contributed by atoms with Crippen molar-refractivity contribution in [3.8, 4) is 46.0 Å². The molecule has 4 aromatic carbocycles. The standard InChI is InChI=1S/C50H62O20/c1-60-37-18-27(8-10-33(37)53)45-32(21-64-50-44(59)42(57)35(55)23-66-50)30-15-26(7-5-13-52)17-40(48(30)70-45)68-24-67-36-11-9-28(19-38(36)61-2)46-31(20-63-49-43(58)41(56)34(54)22-65-49)29-14-25(6-4-12-51)16-39(62-3)47(29)69-46/h8-11,14-19,31-32,34-35,41-46,49-59H,4-7,12-13,20-24H2,1-3H3/t31-,32-,34+,35+,41-,42-,43+,44+,45-,46-,49+,50+/m0/s1. The van der Waals surface area contributed by atoms with E-state index in [1.54, 1.807) is 36.4 Å². The van der Waals surface area contributed by atoms with Gasteiger partial charge in [0.05, 0.1) is 59.6 Å². The fourth-order valence-corrected chi connectivity index (χ4v) is 9.24. The zero-order chi connectivity index (χ0) is 49.6. The topological polar surface area (TPSA) is 284 Å². The molecule has 8 rings (SSSR count). The molecule has 20 nitrogen and oxygen atoms in total. The number of phenols is 1. The first-order valence-electron chi connectivity index (χ1n) is 23.2. The number of hydrogen-bond acceptors (Lipinski definition) is 20. The third-order valence-corrected chi connectivity index (χ3v) is 13.0. The molecule has 4 aliphatic rings. The van der Waals surface area contributed by atoms with E-state index in [-0.39, 0.29) is 57.9 Å². The predicted molar refractivity (Wildman–Crippen MR) is 244 cm³/mol. The number of aryl methyl sites for hydroxylation is 2. The van der Waals surface area contributed by atoms with Crippen LogP contribution in [0.1, 0.15) is 70.3 Å². The first kappa shape index (κ1) is 51.2. The van der Waals surface area contributed by atoms with Crippen molar-refractivity contribution in [3.05, 3.63) is 94.0 Å². The van der Waals surface area contributed by atoms with Crippen LogP contribution in [0.5, 0.6) is 46.0 Å². The minimum absolute atomic E-state index is 0.000641. The molecule has 0 spiro atoms. The third-order valence-electron chi connectivity index (χ3n) is 13.0. The molecule has 20 heteroatoms. The number of benzene rings is 4. The Balaban J connectivity index is 1.05. The third kappa shape index (κ3) is 10.8. The average Bonchev–Trinajstić information content (AvgIpc) is 3.93. The number of aliphatic hydroxyl groups is 8. The van der Waals surface area contributed by atoms with E-state index in [2.05, 4.69) is 0 Å². The summed E-state index contributed by atoms with van der Waals surface area (Å²) < 4.78 is 66.1. The number of rotatable bonds is 21. The maximum Gasteiger partial charge on any atom is 0.231 e. The molecule has 382 valence electrons. The van der Waals surface area contributed by atoms with Crippen LogP contribution in [0.25, 0.3) is 0 Å². The number of aliphatic hydroxyl groups excluding tert-OH is 8. The van der Waals surface area contributed by atoms with E-state index < -0.39 is 73.2 Å². The lowest BCUT2D eigenvalue weighted by Crippen LogP contribution is -2.53. The van der Waals surface area contributed by atoms with Gasteiger partial charge in [-0.05, 0) is 84.3 Å². The minimum Gasteiger partial charge on any atom is -0.504 e. The monoisotopic (exact) mass is 982 g/mol. The molecule has 0 aromatic heterocycles. The summed E-state index contributed by atoms with van der Waals surface area (Å²) in [7, 11) is 4.45. The van der Waals surface area contributed by atoms with Crippen molar-refractivity contribution in [1.29, 1.82) is 0 Å². The largest absolute Gasteiger partial charge is 0.504 e. The van der Waals surface area contributed by atoms with Crippen molar-refractivity contribution in [2.45, 2.75) is 98.9 Å². The number of hydrogen-bond donors (Lipinski definition) is 9. The molecule has 4 aliphatic heterocycles. The molecule has 2 fully saturated rings. The van der Waals surface area contributed by atoms with Gasteiger partial charge in [0.1, 0.15) is 48.8 Å². The fourth-order valence-electron chi connectivity index (χ4n) is 9.24. The normalized spacial score (nSPS) is 28.0. The molecule has 2 saturated heterocycles. The Morgan fingerprint density at radius 3 is 1.51 bits per heavy atom. The molecule has 0 aliphatic carbocycles. The first-order valence-corrected chi connectivity index (χ1v) is 23.2. The van der Waals surface area contributed by atoms with E-state index in [1.165, 1.54) is 27.4 Å². The van der Waals surface area contributed by atoms with Crippen LogP contribution < -0.4 is 33.2 Å². The van der Waals surface area contributed by atoms with Gasteiger partial charge in [-0.25, -0.2) is 0 Å². The maximum absolute atomic E-state index is 10.7. The van der Waals surface area contributed by atoms with Crippen LogP contribution in [0.15, 0.2) is 60.7 Å². The van der Waals surface area contributed by atoms with Crippen molar-refractivity contribution in [3.63, 3.8) is 0 Å². The Hall–Kier alpha value is -5.20.